The van der Waals surface area contributed by atoms with Gasteiger partial charge in [-0.25, -0.2) is 14.3 Å². The number of hydrogen-bond donors (Lipinski definition) is 1. The fraction of sp³-hybridized carbons (Fsp3) is 0.625. The van der Waals surface area contributed by atoms with Crippen LogP contribution in [0, 0.1) is 5.41 Å². The molecule has 3 aromatic rings. The average molecular weight is 485 g/mol. The maximum absolute atomic E-state index is 6.56. The Morgan fingerprint density at radius 3 is 2.47 bits per heavy atom. The Morgan fingerprint density at radius 1 is 1.12 bits per heavy atom. The van der Waals surface area contributed by atoms with Gasteiger partial charge in [0.1, 0.15) is 24.4 Å². The fourth-order valence-corrected chi connectivity index (χ4v) is 5.21. The maximum Gasteiger partial charge on any atom is 0.215 e. The predicted molar refractivity (Wildman–Crippen MR) is 128 cm³/mol. The van der Waals surface area contributed by atoms with Crippen molar-refractivity contribution in [2.45, 2.75) is 89.6 Å². The lowest BCUT2D eigenvalue weighted by Crippen LogP contribution is -2.49. The van der Waals surface area contributed by atoms with Crippen LogP contribution in [0.2, 0.25) is 5.02 Å². The molecular weight excluding hydrogens is 452 g/mol. The van der Waals surface area contributed by atoms with E-state index in [1.807, 2.05) is 28.9 Å². The third-order valence-corrected chi connectivity index (χ3v) is 7.13. The summed E-state index contributed by atoms with van der Waals surface area (Å²) in [5, 5.41) is 22.4. The van der Waals surface area contributed by atoms with Gasteiger partial charge in [-0.3, -0.25) is 0 Å². The van der Waals surface area contributed by atoms with Crippen molar-refractivity contribution in [3.8, 4) is 5.75 Å². The van der Waals surface area contributed by atoms with E-state index in [9.17, 15) is 0 Å². The van der Waals surface area contributed by atoms with Crippen LogP contribution < -0.4 is 10.1 Å². The molecule has 0 unspecified atom stereocenters. The first-order valence-electron chi connectivity index (χ1n) is 12.2. The van der Waals surface area contributed by atoms with Gasteiger partial charge in [-0.15, -0.1) is 5.10 Å². The van der Waals surface area contributed by atoms with Crippen molar-refractivity contribution in [3.05, 3.63) is 47.8 Å². The van der Waals surface area contributed by atoms with Crippen molar-refractivity contribution in [1.29, 1.82) is 0 Å². The summed E-state index contributed by atoms with van der Waals surface area (Å²) in [6.07, 6.45) is 10.8. The number of nitrogens with one attached hydrogen (secondary N) is 1. The third-order valence-electron chi connectivity index (χ3n) is 6.87. The summed E-state index contributed by atoms with van der Waals surface area (Å²) in [4.78, 5) is 4.20. The van der Waals surface area contributed by atoms with Crippen LogP contribution in [0.5, 0.6) is 5.75 Å². The molecule has 0 amide bonds. The monoisotopic (exact) mass is 484 g/mol. The number of hydrogen-bond acceptors (Lipinski definition) is 7. The van der Waals surface area contributed by atoms with Crippen LogP contribution in [0.4, 0.5) is 0 Å². The first-order chi connectivity index (χ1) is 16.4. The molecule has 34 heavy (non-hydrogen) atoms. The van der Waals surface area contributed by atoms with Gasteiger partial charge in [0, 0.05) is 11.1 Å². The summed E-state index contributed by atoms with van der Waals surface area (Å²) in [6, 6.07) is 7.66. The second-order valence-electron chi connectivity index (χ2n) is 10.7. The Labute approximate surface area is 205 Å². The molecule has 2 heterocycles. The summed E-state index contributed by atoms with van der Waals surface area (Å²) in [5.74, 6) is 1.58. The van der Waals surface area contributed by atoms with Gasteiger partial charge in [0.15, 0.2) is 5.82 Å². The highest BCUT2D eigenvalue weighted by atomic mass is 35.5. The topological polar surface area (TPSA) is 95.6 Å². The van der Waals surface area contributed by atoms with E-state index in [0.29, 0.717) is 16.8 Å². The van der Waals surface area contributed by atoms with Crippen LogP contribution in [-0.2, 0) is 5.54 Å². The Bertz CT molecular complexity index is 1070. The smallest absolute Gasteiger partial charge is 0.215 e. The first kappa shape index (κ1) is 23.2. The normalized spacial score (nSPS) is 20.1. The van der Waals surface area contributed by atoms with Crippen LogP contribution >= 0.6 is 11.6 Å². The van der Waals surface area contributed by atoms with Gasteiger partial charge in [0.25, 0.3) is 0 Å². The minimum absolute atomic E-state index is 0.223. The minimum atomic E-state index is -0.521. The van der Waals surface area contributed by atoms with Gasteiger partial charge in [-0.1, -0.05) is 51.6 Å². The predicted octanol–water partition coefficient (Wildman–Crippen LogP) is 4.69. The van der Waals surface area contributed by atoms with Crippen molar-refractivity contribution < 1.29 is 4.74 Å². The molecule has 1 N–H and O–H groups in total. The van der Waals surface area contributed by atoms with Crippen LogP contribution in [0.15, 0.2) is 36.9 Å². The van der Waals surface area contributed by atoms with Crippen molar-refractivity contribution in [2.24, 2.45) is 5.41 Å². The molecule has 182 valence electrons. The number of ether oxygens (including phenoxy) is 1. The lowest BCUT2D eigenvalue weighted by atomic mass is 9.79. The third kappa shape index (κ3) is 4.81. The van der Waals surface area contributed by atoms with Crippen LogP contribution in [0.25, 0.3) is 0 Å². The zero-order valence-corrected chi connectivity index (χ0v) is 20.8. The zero-order chi connectivity index (χ0) is 23.8. The van der Waals surface area contributed by atoms with Gasteiger partial charge >= 0.3 is 0 Å². The van der Waals surface area contributed by atoms with Crippen molar-refractivity contribution in [3.63, 3.8) is 0 Å². The number of halogens is 1. The first-order valence-corrected chi connectivity index (χ1v) is 12.6. The molecule has 1 aromatic carbocycles. The number of benzene rings is 1. The Balaban J connectivity index is 1.58. The number of aromatic nitrogens is 7. The summed E-state index contributed by atoms with van der Waals surface area (Å²) in [7, 11) is 0. The van der Waals surface area contributed by atoms with Gasteiger partial charge in [0.05, 0.1) is 5.54 Å². The zero-order valence-electron chi connectivity index (χ0n) is 20.1. The molecule has 2 aromatic heterocycles. The van der Waals surface area contributed by atoms with Crippen molar-refractivity contribution >= 4 is 11.6 Å². The Hall–Kier alpha value is -2.52. The largest absolute Gasteiger partial charge is 0.466 e. The molecule has 2 atom stereocenters. The standard InChI is InChI=1S/C24H33ClN8O/c1-23(2,3)20(21(32-16-26-15-27-32)34-19-11-7-17(25)8-12-19)33-22(29-30-31-33)24(28-18-9-10-18)13-5-4-6-14-24/h7-8,11-12,15-16,18,20-21,28H,4-6,9-10,13-14H2,1-3H3/t20-,21+/m1/s1. The van der Waals surface area contributed by atoms with E-state index >= 15 is 0 Å². The van der Waals surface area contributed by atoms with Crippen LogP contribution in [0.3, 0.4) is 0 Å². The Morgan fingerprint density at radius 2 is 1.85 bits per heavy atom. The fourth-order valence-electron chi connectivity index (χ4n) is 5.08. The molecule has 2 aliphatic carbocycles. The molecule has 0 aliphatic heterocycles. The molecular formula is C24H33ClN8O. The van der Waals surface area contributed by atoms with Gasteiger partial charge in [-0.05, 0) is 65.8 Å². The van der Waals surface area contributed by atoms with Gasteiger partial charge in [-0.2, -0.15) is 5.10 Å². The molecule has 0 spiro atoms. The summed E-state index contributed by atoms with van der Waals surface area (Å²) >= 11 is 6.11. The van der Waals surface area contributed by atoms with E-state index in [1.54, 1.807) is 11.0 Å². The van der Waals surface area contributed by atoms with E-state index in [2.05, 4.69) is 51.7 Å². The SMILES string of the molecule is CC(C)(C)[C@@H]([C@H](Oc1ccc(Cl)cc1)n1cncn1)n1nnnc1C1(NC2CC2)CCCCC1. The van der Waals surface area contributed by atoms with E-state index in [0.717, 1.165) is 18.7 Å². The highest BCUT2D eigenvalue weighted by Crippen LogP contribution is 2.44. The number of rotatable bonds is 8. The molecule has 2 aliphatic rings. The van der Waals surface area contributed by atoms with Crippen LogP contribution in [0.1, 0.15) is 83.8 Å². The van der Waals surface area contributed by atoms with Crippen LogP contribution in [-0.4, -0.2) is 41.0 Å². The van der Waals surface area contributed by atoms with E-state index in [-0.39, 0.29) is 17.0 Å². The van der Waals surface area contributed by atoms with Gasteiger partial charge in [0.2, 0.25) is 6.23 Å². The second kappa shape index (κ2) is 9.26. The lowest BCUT2D eigenvalue weighted by Gasteiger charge is -2.41. The number of nitrogens with zero attached hydrogens (tertiary/aromatic N) is 7. The molecule has 0 bridgehead atoms. The minimum Gasteiger partial charge on any atom is -0.466 e. The highest BCUT2D eigenvalue weighted by Gasteiger charge is 2.47. The summed E-state index contributed by atoms with van der Waals surface area (Å²) < 4.78 is 10.3. The van der Waals surface area contributed by atoms with E-state index in [4.69, 9.17) is 16.3 Å². The van der Waals surface area contributed by atoms with Crippen molar-refractivity contribution in [2.75, 3.05) is 0 Å². The Kier molecular flexibility index (Phi) is 6.33. The highest BCUT2D eigenvalue weighted by molar-refractivity contribution is 6.30. The van der Waals surface area contributed by atoms with Gasteiger partial charge < -0.3 is 10.1 Å². The average Bonchev–Trinajstić information content (AvgIpc) is 3.25. The molecule has 0 saturated heterocycles. The van der Waals surface area contributed by atoms with E-state index in [1.165, 1.54) is 38.4 Å². The maximum atomic E-state index is 6.56. The summed E-state index contributed by atoms with van der Waals surface area (Å²) in [6.45, 7) is 6.54. The van der Waals surface area contributed by atoms with Crippen molar-refractivity contribution in [1.82, 2.24) is 40.3 Å². The number of tetrazole rings is 1. The molecule has 2 fully saturated rings. The summed E-state index contributed by atoms with van der Waals surface area (Å²) in [5.41, 5.74) is -0.484. The van der Waals surface area contributed by atoms with E-state index < -0.39 is 6.23 Å². The molecule has 10 heteroatoms. The molecule has 9 nitrogen and oxygen atoms in total. The second-order valence-corrected chi connectivity index (χ2v) is 11.1. The molecule has 5 rings (SSSR count). The molecule has 2 saturated carbocycles. The quantitative estimate of drug-likeness (QED) is 0.495. The molecule has 0 radical (unpaired) electrons. The lowest BCUT2D eigenvalue weighted by molar-refractivity contribution is -0.00375.